The van der Waals surface area contributed by atoms with Gasteiger partial charge in [0.2, 0.25) is 5.91 Å². The molecule has 8 nitrogen and oxygen atoms in total. The summed E-state index contributed by atoms with van der Waals surface area (Å²) < 4.78 is 22.3. The molecule has 1 saturated carbocycles. The second-order valence-electron chi connectivity index (χ2n) is 11.3. The first-order valence-corrected chi connectivity index (χ1v) is 12.9. The molecular weight excluding hydrogens is 487 g/mol. The molecule has 0 spiro atoms. The van der Waals surface area contributed by atoms with Crippen molar-refractivity contribution in [1.29, 1.82) is 5.26 Å². The lowest BCUT2D eigenvalue weighted by molar-refractivity contribution is -0.128. The maximum absolute atomic E-state index is 15.3. The Morgan fingerprint density at radius 3 is 2.63 bits per heavy atom. The summed E-state index contributed by atoms with van der Waals surface area (Å²) in [5.41, 5.74) is -0.119. The van der Waals surface area contributed by atoms with E-state index < -0.39 is 35.5 Å². The molecule has 5 rings (SSSR count). The number of amides is 2. The zero-order valence-corrected chi connectivity index (χ0v) is 22.0. The summed E-state index contributed by atoms with van der Waals surface area (Å²) in [7, 11) is 1.66. The van der Waals surface area contributed by atoms with Gasteiger partial charge >= 0.3 is 6.09 Å². The van der Waals surface area contributed by atoms with Crippen LogP contribution in [-0.2, 0) is 23.0 Å². The predicted molar refractivity (Wildman–Crippen MR) is 141 cm³/mol. The van der Waals surface area contributed by atoms with Crippen LogP contribution in [0.25, 0.3) is 21.7 Å². The standard InChI is InChI=1S/C29H31FN4O4/c1-29(2,3)38-28(37)34-19-10-9-16(12-19)25(34)26(35)32-18(15-31)11-17-13-22-21(14-23(17)30)20-7-5-6-8-24(20)33(4)27(22)36/h5-8,13-14,16,18-19,25H,9-12H2,1-4H3,(H,32,35). The molecular formula is C29H31FN4O4. The van der Waals surface area contributed by atoms with E-state index in [0.29, 0.717) is 22.7 Å². The SMILES string of the molecule is Cn1c(=O)c2cc(CC(C#N)NC(=O)C3C4CCC(C4)N3C(=O)OC(C)(C)C)c(F)cc2c2ccccc21. The van der Waals surface area contributed by atoms with E-state index in [1.165, 1.54) is 21.6 Å². The van der Waals surface area contributed by atoms with Crippen molar-refractivity contribution in [3.63, 3.8) is 0 Å². The number of benzene rings is 2. The lowest BCUT2D eigenvalue weighted by Crippen LogP contribution is -2.55. The quantitative estimate of drug-likeness (QED) is 0.522. The van der Waals surface area contributed by atoms with Gasteiger partial charge in [-0.05, 0) is 75.1 Å². The van der Waals surface area contributed by atoms with Gasteiger partial charge in [-0.2, -0.15) is 5.26 Å². The number of aryl methyl sites for hydroxylation is 1. The maximum Gasteiger partial charge on any atom is 0.411 e. The molecule has 1 aromatic heterocycles. The van der Waals surface area contributed by atoms with Crippen molar-refractivity contribution in [1.82, 2.24) is 14.8 Å². The zero-order chi connectivity index (χ0) is 27.4. The van der Waals surface area contributed by atoms with Crippen LogP contribution in [-0.4, -0.2) is 45.2 Å². The highest BCUT2D eigenvalue weighted by molar-refractivity contribution is 6.05. The number of hydrogen-bond donors (Lipinski definition) is 1. The summed E-state index contributed by atoms with van der Waals surface area (Å²) in [6.07, 6.45) is 1.68. The lowest BCUT2D eigenvalue weighted by Gasteiger charge is -2.35. The Bertz CT molecular complexity index is 1550. The number of nitriles is 1. The van der Waals surface area contributed by atoms with Gasteiger partial charge in [-0.3, -0.25) is 14.5 Å². The number of rotatable bonds is 4. The Morgan fingerprint density at radius 2 is 1.92 bits per heavy atom. The van der Waals surface area contributed by atoms with E-state index >= 15 is 4.39 Å². The van der Waals surface area contributed by atoms with Crippen molar-refractivity contribution in [2.45, 2.75) is 70.2 Å². The largest absolute Gasteiger partial charge is 0.444 e. The average molecular weight is 519 g/mol. The Hall–Kier alpha value is -3.93. The van der Waals surface area contributed by atoms with Crippen molar-refractivity contribution in [2.75, 3.05) is 0 Å². The summed E-state index contributed by atoms with van der Waals surface area (Å²) >= 11 is 0. The van der Waals surface area contributed by atoms with Gasteiger partial charge in [-0.1, -0.05) is 18.2 Å². The first-order chi connectivity index (χ1) is 18.0. The average Bonchev–Trinajstić information content (AvgIpc) is 3.48. The number of nitrogens with zero attached hydrogens (tertiary/aromatic N) is 3. The van der Waals surface area contributed by atoms with Gasteiger partial charge < -0.3 is 14.6 Å². The number of para-hydroxylation sites is 1. The first kappa shape index (κ1) is 25.7. The van der Waals surface area contributed by atoms with Crippen LogP contribution >= 0.6 is 0 Å². The van der Waals surface area contributed by atoms with Gasteiger partial charge in [0, 0.05) is 30.3 Å². The fourth-order valence-electron chi connectivity index (χ4n) is 5.97. The number of carbonyl (C=O) groups is 2. The number of carbonyl (C=O) groups excluding carboxylic acids is 2. The molecule has 1 aliphatic heterocycles. The monoisotopic (exact) mass is 518 g/mol. The first-order valence-electron chi connectivity index (χ1n) is 12.9. The van der Waals surface area contributed by atoms with E-state index in [1.807, 2.05) is 24.3 Å². The van der Waals surface area contributed by atoms with Crippen molar-refractivity contribution >= 4 is 33.7 Å². The number of aromatic nitrogens is 1. The lowest BCUT2D eigenvalue weighted by atomic mass is 9.96. The Labute approximate surface area is 220 Å². The molecule has 2 amide bonds. The van der Waals surface area contributed by atoms with Gasteiger partial charge in [-0.15, -0.1) is 0 Å². The van der Waals surface area contributed by atoms with Crippen molar-refractivity contribution in [3.05, 3.63) is 58.1 Å². The van der Waals surface area contributed by atoms with E-state index in [0.717, 1.165) is 18.2 Å². The Kier molecular flexibility index (Phi) is 6.38. The molecule has 4 unspecified atom stereocenters. The number of likely N-dealkylation sites (tertiary alicyclic amines) is 1. The molecule has 9 heteroatoms. The van der Waals surface area contributed by atoms with E-state index in [1.54, 1.807) is 33.9 Å². The second-order valence-corrected chi connectivity index (χ2v) is 11.3. The molecule has 2 bridgehead atoms. The molecule has 2 heterocycles. The Balaban J connectivity index is 1.40. The van der Waals surface area contributed by atoms with Crippen LogP contribution in [0.15, 0.2) is 41.2 Å². The van der Waals surface area contributed by atoms with Crippen molar-refractivity contribution in [2.24, 2.45) is 13.0 Å². The molecule has 2 aliphatic rings. The van der Waals surface area contributed by atoms with Crippen LogP contribution in [0, 0.1) is 23.1 Å². The van der Waals surface area contributed by atoms with Crippen molar-refractivity contribution < 1.29 is 18.7 Å². The second kappa shape index (κ2) is 9.43. The number of fused-ring (bicyclic) bond motifs is 5. The summed E-state index contributed by atoms with van der Waals surface area (Å²) in [4.78, 5) is 40.8. The van der Waals surface area contributed by atoms with Crippen molar-refractivity contribution in [3.8, 4) is 6.07 Å². The van der Waals surface area contributed by atoms with E-state index in [4.69, 9.17) is 4.74 Å². The summed E-state index contributed by atoms with van der Waals surface area (Å²) in [6, 6.07) is 10.3. The molecule has 2 aromatic carbocycles. The highest BCUT2D eigenvalue weighted by atomic mass is 19.1. The molecule has 1 N–H and O–H groups in total. The van der Waals surface area contributed by atoms with Gasteiger partial charge in [0.05, 0.1) is 11.6 Å². The third kappa shape index (κ3) is 4.49. The molecule has 4 atom stereocenters. The minimum absolute atomic E-state index is 0.0134. The summed E-state index contributed by atoms with van der Waals surface area (Å²) in [5.74, 6) is -1.01. The normalized spacial score (nSPS) is 21.5. The van der Waals surface area contributed by atoms with Gasteiger partial charge in [0.15, 0.2) is 0 Å². The van der Waals surface area contributed by atoms with Gasteiger partial charge in [0.25, 0.3) is 5.56 Å². The van der Waals surface area contributed by atoms with E-state index in [-0.39, 0.29) is 29.5 Å². The van der Waals surface area contributed by atoms with Crippen LogP contribution in [0.4, 0.5) is 9.18 Å². The molecule has 1 saturated heterocycles. The number of nitrogens with one attached hydrogen (secondary N) is 1. The summed E-state index contributed by atoms with van der Waals surface area (Å²) in [6.45, 7) is 5.32. The van der Waals surface area contributed by atoms with Gasteiger partial charge in [0.1, 0.15) is 23.5 Å². The van der Waals surface area contributed by atoms with Crippen LogP contribution < -0.4 is 10.9 Å². The molecule has 0 radical (unpaired) electrons. The minimum atomic E-state index is -1.04. The fourth-order valence-corrected chi connectivity index (χ4v) is 5.97. The third-order valence-corrected chi connectivity index (χ3v) is 7.63. The topological polar surface area (TPSA) is 104 Å². The van der Waals surface area contributed by atoms with E-state index in [9.17, 15) is 19.6 Å². The molecule has 198 valence electrons. The molecule has 38 heavy (non-hydrogen) atoms. The number of piperidine rings is 1. The van der Waals surface area contributed by atoms with Gasteiger partial charge in [-0.25, -0.2) is 9.18 Å². The molecule has 3 aromatic rings. The number of ether oxygens (including phenoxy) is 1. The number of halogens is 1. The predicted octanol–water partition coefficient (Wildman–Crippen LogP) is 4.17. The molecule has 2 fully saturated rings. The molecule has 1 aliphatic carbocycles. The van der Waals surface area contributed by atoms with Crippen LogP contribution in [0.5, 0.6) is 0 Å². The third-order valence-electron chi connectivity index (χ3n) is 7.63. The number of pyridine rings is 1. The van der Waals surface area contributed by atoms with Crippen LogP contribution in [0.2, 0.25) is 0 Å². The highest BCUT2D eigenvalue weighted by Crippen LogP contribution is 2.43. The van der Waals surface area contributed by atoms with Crippen LogP contribution in [0.1, 0.15) is 45.6 Å². The maximum atomic E-state index is 15.3. The highest BCUT2D eigenvalue weighted by Gasteiger charge is 2.52. The van der Waals surface area contributed by atoms with Crippen LogP contribution in [0.3, 0.4) is 0 Å². The smallest absolute Gasteiger partial charge is 0.411 e. The van der Waals surface area contributed by atoms with E-state index in [2.05, 4.69) is 5.32 Å². The Morgan fingerprint density at radius 1 is 1.18 bits per heavy atom. The fraction of sp³-hybridized carbons (Fsp3) is 0.448. The summed E-state index contributed by atoms with van der Waals surface area (Å²) in [5, 5.41) is 14.1. The minimum Gasteiger partial charge on any atom is -0.444 e. The number of hydrogen-bond acceptors (Lipinski definition) is 5. The zero-order valence-electron chi connectivity index (χ0n) is 22.0.